The van der Waals surface area contributed by atoms with E-state index >= 15 is 0 Å². The summed E-state index contributed by atoms with van der Waals surface area (Å²) in [7, 11) is 3.91. The Labute approximate surface area is 129 Å². The average Bonchev–Trinajstić information content (AvgIpc) is 2.52. The van der Waals surface area contributed by atoms with Gasteiger partial charge in [0.2, 0.25) is 0 Å². The molecule has 1 rings (SSSR count). The lowest BCUT2D eigenvalue weighted by Gasteiger charge is -2.22. The third-order valence-corrected chi connectivity index (χ3v) is 3.44. The molecule has 0 heterocycles. The molecule has 1 aromatic rings. The van der Waals surface area contributed by atoms with Gasteiger partial charge in [0.25, 0.3) is 0 Å². The third kappa shape index (κ3) is 6.17. The van der Waals surface area contributed by atoms with Gasteiger partial charge in [0, 0.05) is 33.8 Å². The van der Waals surface area contributed by atoms with Crippen LogP contribution >= 0.6 is 0 Å². The highest BCUT2D eigenvalue weighted by Crippen LogP contribution is 2.10. The number of guanidine groups is 1. The second-order valence-electron chi connectivity index (χ2n) is 5.08. The van der Waals surface area contributed by atoms with Gasteiger partial charge < -0.3 is 15.0 Å². The maximum atomic E-state index is 5.53. The van der Waals surface area contributed by atoms with Crippen LogP contribution in [-0.4, -0.2) is 38.1 Å². The molecule has 4 heteroatoms. The van der Waals surface area contributed by atoms with Gasteiger partial charge in [-0.2, -0.15) is 0 Å². The molecule has 1 N–H and O–H groups in total. The molecule has 0 spiro atoms. The smallest absolute Gasteiger partial charge is 0.193 e. The number of aliphatic imine (C=N–C) groups is 1. The van der Waals surface area contributed by atoms with E-state index < -0.39 is 0 Å². The highest BCUT2D eigenvalue weighted by atomic mass is 16.5. The van der Waals surface area contributed by atoms with E-state index in [0.717, 1.165) is 25.7 Å². The van der Waals surface area contributed by atoms with Gasteiger partial charge in [-0.15, -0.1) is 0 Å². The highest BCUT2D eigenvalue weighted by Gasteiger charge is 2.07. The number of hydrogen-bond donors (Lipinski definition) is 1. The Morgan fingerprint density at radius 1 is 1.24 bits per heavy atom. The summed E-state index contributed by atoms with van der Waals surface area (Å²) in [5.41, 5.74) is 2.49. The van der Waals surface area contributed by atoms with Gasteiger partial charge >= 0.3 is 0 Å². The zero-order chi connectivity index (χ0) is 15.5. The van der Waals surface area contributed by atoms with Crippen molar-refractivity contribution in [1.29, 1.82) is 0 Å². The minimum absolute atomic E-state index is 0.665. The summed E-state index contributed by atoms with van der Waals surface area (Å²) in [6.07, 6.45) is 2.37. The molecule has 0 aliphatic carbocycles. The second-order valence-corrected chi connectivity index (χ2v) is 5.08. The van der Waals surface area contributed by atoms with E-state index in [0.29, 0.717) is 6.61 Å². The highest BCUT2D eigenvalue weighted by molar-refractivity contribution is 5.79. The van der Waals surface area contributed by atoms with E-state index in [4.69, 9.17) is 4.74 Å². The van der Waals surface area contributed by atoms with Crippen LogP contribution in [0.4, 0.5) is 0 Å². The molecule has 1 aromatic carbocycles. The SMILES string of the molecule is CCCCN(C)C(=NC)NCc1ccccc1COCC. The number of nitrogens with zero attached hydrogens (tertiary/aromatic N) is 2. The molecule has 0 fully saturated rings. The molecule has 0 unspecified atom stereocenters. The van der Waals surface area contributed by atoms with Crippen molar-refractivity contribution < 1.29 is 4.74 Å². The number of hydrogen-bond acceptors (Lipinski definition) is 2. The lowest BCUT2D eigenvalue weighted by Crippen LogP contribution is -2.39. The molecule has 0 saturated carbocycles. The molecular weight excluding hydrogens is 262 g/mol. The van der Waals surface area contributed by atoms with E-state index in [1.807, 2.05) is 14.0 Å². The molecule has 118 valence electrons. The molecule has 0 aliphatic heterocycles. The van der Waals surface area contributed by atoms with Gasteiger partial charge in [-0.25, -0.2) is 0 Å². The fraction of sp³-hybridized carbons (Fsp3) is 0.588. The van der Waals surface area contributed by atoms with E-state index in [2.05, 4.69) is 53.4 Å². The van der Waals surface area contributed by atoms with Crippen molar-refractivity contribution in [1.82, 2.24) is 10.2 Å². The van der Waals surface area contributed by atoms with Gasteiger partial charge in [0.05, 0.1) is 6.61 Å². The molecule has 0 atom stereocenters. The Morgan fingerprint density at radius 3 is 2.57 bits per heavy atom. The minimum atomic E-state index is 0.665. The van der Waals surface area contributed by atoms with E-state index in [1.165, 1.54) is 24.0 Å². The van der Waals surface area contributed by atoms with E-state index in [9.17, 15) is 0 Å². The Hall–Kier alpha value is -1.55. The summed E-state index contributed by atoms with van der Waals surface area (Å²) in [5.74, 6) is 0.940. The number of benzene rings is 1. The summed E-state index contributed by atoms with van der Waals surface area (Å²) < 4.78 is 5.53. The lowest BCUT2D eigenvalue weighted by atomic mass is 10.1. The molecule has 21 heavy (non-hydrogen) atoms. The first-order valence-corrected chi connectivity index (χ1v) is 7.79. The molecule has 0 aliphatic rings. The Morgan fingerprint density at radius 2 is 1.95 bits per heavy atom. The molecule has 0 amide bonds. The molecule has 0 bridgehead atoms. The van der Waals surface area contributed by atoms with Crippen LogP contribution in [0.15, 0.2) is 29.3 Å². The third-order valence-electron chi connectivity index (χ3n) is 3.44. The van der Waals surface area contributed by atoms with Gasteiger partial charge in [-0.05, 0) is 24.5 Å². The Kier molecular flexibility index (Phi) is 8.51. The van der Waals surface area contributed by atoms with E-state index in [-0.39, 0.29) is 0 Å². The lowest BCUT2D eigenvalue weighted by molar-refractivity contribution is 0.133. The van der Waals surface area contributed by atoms with Gasteiger partial charge in [-0.3, -0.25) is 4.99 Å². The predicted molar refractivity (Wildman–Crippen MR) is 89.5 cm³/mol. The second kappa shape index (κ2) is 10.2. The topological polar surface area (TPSA) is 36.9 Å². The van der Waals surface area contributed by atoms with Crippen molar-refractivity contribution in [2.24, 2.45) is 4.99 Å². The maximum absolute atomic E-state index is 5.53. The van der Waals surface area contributed by atoms with Crippen molar-refractivity contribution in [3.05, 3.63) is 35.4 Å². The maximum Gasteiger partial charge on any atom is 0.193 e. The van der Waals surface area contributed by atoms with Crippen molar-refractivity contribution >= 4 is 5.96 Å². The van der Waals surface area contributed by atoms with Crippen LogP contribution in [0.2, 0.25) is 0 Å². The quantitative estimate of drug-likeness (QED) is 0.591. The summed E-state index contributed by atoms with van der Waals surface area (Å²) in [6, 6.07) is 8.38. The Bertz CT molecular complexity index is 432. The van der Waals surface area contributed by atoms with Crippen LogP contribution in [0.1, 0.15) is 37.8 Å². The molecule has 0 saturated heterocycles. The van der Waals surface area contributed by atoms with Crippen LogP contribution in [0, 0.1) is 0 Å². The normalized spacial score (nSPS) is 11.5. The number of unbranched alkanes of at least 4 members (excludes halogenated alkanes) is 1. The van der Waals surface area contributed by atoms with Gasteiger partial charge in [0.15, 0.2) is 5.96 Å². The zero-order valence-electron chi connectivity index (χ0n) is 13.9. The first kappa shape index (κ1) is 17.5. The molecule has 0 aromatic heterocycles. The fourth-order valence-corrected chi connectivity index (χ4v) is 2.14. The van der Waals surface area contributed by atoms with E-state index in [1.54, 1.807) is 0 Å². The van der Waals surface area contributed by atoms with Crippen LogP contribution in [-0.2, 0) is 17.9 Å². The van der Waals surface area contributed by atoms with Crippen LogP contribution in [0.25, 0.3) is 0 Å². The van der Waals surface area contributed by atoms with Gasteiger partial charge in [-0.1, -0.05) is 37.6 Å². The van der Waals surface area contributed by atoms with Crippen LogP contribution in [0.3, 0.4) is 0 Å². The summed E-state index contributed by atoms with van der Waals surface area (Å²) in [6.45, 7) is 7.42. The number of rotatable bonds is 8. The van der Waals surface area contributed by atoms with Gasteiger partial charge in [0.1, 0.15) is 0 Å². The molecule has 4 nitrogen and oxygen atoms in total. The van der Waals surface area contributed by atoms with Crippen molar-refractivity contribution in [2.75, 3.05) is 27.2 Å². The number of nitrogens with one attached hydrogen (secondary N) is 1. The van der Waals surface area contributed by atoms with Crippen molar-refractivity contribution in [3.63, 3.8) is 0 Å². The first-order valence-electron chi connectivity index (χ1n) is 7.79. The van der Waals surface area contributed by atoms with Crippen molar-refractivity contribution in [3.8, 4) is 0 Å². The van der Waals surface area contributed by atoms with Crippen molar-refractivity contribution in [2.45, 2.75) is 39.8 Å². The average molecular weight is 291 g/mol. The standard InChI is InChI=1S/C17H29N3O/c1-5-7-12-20(4)17(18-3)19-13-15-10-8-9-11-16(15)14-21-6-2/h8-11H,5-7,12-14H2,1-4H3,(H,18,19). The number of ether oxygens (including phenoxy) is 1. The minimum Gasteiger partial charge on any atom is -0.377 e. The summed E-state index contributed by atoms with van der Waals surface area (Å²) >= 11 is 0. The first-order chi connectivity index (χ1) is 10.2. The fourth-order valence-electron chi connectivity index (χ4n) is 2.14. The largest absolute Gasteiger partial charge is 0.377 e. The molecular formula is C17H29N3O. The van der Waals surface area contributed by atoms with Crippen LogP contribution < -0.4 is 5.32 Å². The predicted octanol–water partition coefficient (Wildman–Crippen LogP) is 3.03. The zero-order valence-corrected chi connectivity index (χ0v) is 13.9. The molecule has 0 radical (unpaired) electrons. The summed E-state index contributed by atoms with van der Waals surface area (Å²) in [4.78, 5) is 6.52. The summed E-state index contributed by atoms with van der Waals surface area (Å²) in [5, 5.41) is 3.43. The Balaban J connectivity index is 2.60. The van der Waals surface area contributed by atoms with Crippen LogP contribution in [0.5, 0.6) is 0 Å². The monoisotopic (exact) mass is 291 g/mol.